The monoisotopic (exact) mass is 427 g/mol. The second-order valence-electron chi connectivity index (χ2n) is 5.95. The summed E-state index contributed by atoms with van der Waals surface area (Å²) in [5, 5.41) is 3.00. The van der Waals surface area contributed by atoms with Crippen molar-refractivity contribution in [1.82, 2.24) is 0 Å². The molecule has 0 spiro atoms. The third-order valence-electron chi connectivity index (χ3n) is 3.66. The van der Waals surface area contributed by atoms with Gasteiger partial charge in [-0.15, -0.1) is 0 Å². The Kier molecular flexibility index (Phi) is 8.67. The number of carbonyl (C=O) groups excluding carboxylic acids is 2. The molecule has 0 aliphatic rings. The summed E-state index contributed by atoms with van der Waals surface area (Å²) in [6.45, 7) is -1.42. The molecule has 0 aliphatic carbocycles. The summed E-state index contributed by atoms with van der Waals surface area (Å²) in [5.74, 6) is -0.786. The quantitative estimate of drug-likeness (QED) is 0.443. The highest BCUT2D eigenvalue weighted by molar-refractivity contribution is 6.31. The van der Waals surface area contributed by atoms with Crippen LogP contribution in [-0.4, -0.2) is 31.7 Å². The van der Waals surface area contributed by atoms with Crippen molar-refractivity contribution < 1.29 is 32.6 Å². The zero-order valence-electron chi connectivity index (χ0n) is 15.6. The topological polar surface area (TPSA) is 73.9 Å². The van der Waals surface area contributed by atoms with E-state index in [-0.39, 0.29) is 17.9 Å². The first kappa shape index (κ1) is 22.4. The number of carbonyl (C=O) groups is 2. The molecule has 0 saturated heterocycles. The maximum atomic E-state index is 12.4. The largest absolute Gasteiger partial charge is 0.494 e. The number of hydrogen-bond acceptors (Lipinski definition) is 5. The van der Waals surface area contributed by atoms with E-state index < -0.39 is 25.1 Å². The van der Waals surface area contributed by atoms with Crippen LogP contribution in [0.3, 0.4) is 0 Å². The molecule has 2 aromatic rings. The van der Waals surface area contributed by atoms with Crippen molar-refractivity contribution in [1.29, 1.82) is 0 Å². The van der Waals surface area contributed by atoms with Crippen LogP contribution in [0.5, 0.6) is 11.5 Å². The molecule has 0 saturated carbocycles. The summed E-state index contributed by atoms with van der Waals surface area (Å²) in [6.07, 6.45) is 0.456. The molecule has 156 valence electrons. The zero-order chi connectivity index (χ0) is 21.2. The van der Waals surface area contributed by atoms with E-state index >= 15 is 0 Å². The summed E-state index contributed by atoms with van der Waals surface area (Å²) >= 11 is 5.94. The van der Waals surface area contributed by atoms with Gasteiger partial charge in [-0.05, 0) is 49.2 Å². The standard InChI is InChI=1S/C20H20ClF2NO5/c1-13-11-14(8-9-15(13)21)27-10-4-7-19(26)28-12-18(25)24-16-5-2-3-6-17(16)29-20(22)23/h2-3,5-6,8-9,11,20H,4,7,10,12H2,1H3,(H,24,25). The Morgan fingerprint density at radius 1 is 1.17 bits per heavy atom. The van der Waals surface area contributed by atoms with E-state index in [9.17, 15) is 18.4 Å². The van der Waals surface area contributed by atoms with Crippen molar-refractivity contribution in [2.45, 2.75) is 26.4 Å². The predicted molar refractivity (Wildman–Crippen MR) is 104 cm³/mol. The summed E-state index contributed by atoms with van der Waals surface area (Å²) in [5.41, 5.74) is 0.940. The number of anilines is 1. The number of aryl methyl sites for hydroxylation is 1. The van der Waals surface area contributed by atoms with E-state index in [0.717, 1.165) is 5.56 Å². The first-order valence-corrected chi connectivity index (χ1v) is 9.11. The molecule has 2 rings (SSSR count). The van der Waals surface area contributed by atoms with Gasteiger partial charge in [0.05, 0.1) is 12.3 Å². The second-order valence-corrected chi connectivity index (χ2v) is 6.35. The molecule has 0 aromatic heterocycles. The molecule has 0 bridgehead atoms. The summed E-state index contributed by atoms with van der Waals surface area (Å²) < 4.78 is 39.4. The fourth-order valence-electron chi connectivity index (χ4n) is 2.29. The maximum absolute atomic E-state index is 12.4. The maximum Gasteiger partial charge on any atom is 0.387 e. The van der Waals surface area contributed by atoms with Gasteiger partial charge < -0.3 is 19.5 Å². The van der Waals surface area contributed by atoms with Crippen molar-refractivity contribution in [2.24, 2.45) is 0 Å². The van der Waals surface area contributed by atoms with Gasteiger partial charge in [0.1, 0.15) is 11.5 Å². The van der Waals surface area contributed by atoms with Gasteiger partial charge in [0.2, 0.25) is 0 Å². The summed E-state index contributed by atoms with van der Waals surface area (Å²) in [6, 6.07) is 11.0. The Morgan fingerprint density at radius 2 is 1.93 bits per heavy atom. The van der Waals surface area contributed by atoms with Crippen molar-refractivity contribution in [2.75, 3.05) is 18.5 Å². The van der Waals surface area contributed by atoms with Gasteiger partial charge in [-0.2, -0.15) is 8.78 Å². The minimum Gasteiger partial charge on any atom is -0.494 e. The van der Waals surface area contributed by atoms with E-state index in [1.165, 1.54) is 18.2 Å². The minimum atomic E-state index is -3.02. The number of benzene rings is 2. The highest BCUT2D eigenvalue weighted by Crippen LogP contribution is 2.25. The molecule has 0 fully saturated rings. The number of ether oxygens (including phenoxy) is 3. The molecule has 0 unspecified atom stereocenters. The highest BCUT2D eigenvalue weighted by atomic mass is 35.5. The third kappa shape index (κ3) is 7.95. The Hall–Kier alpha value is -2.87. The van der Waals surface area contributed by atoms with Gasteiger partial charge in [-0.25, -0.2) is 0 Å². The van der Waals surface area contributed by atoms with Crippen LogP contribution < -0.4 is 14.8 Å². The lowest BCUT2D eigenvalue weighted by Gasteiger charge is -2.12. The second kappa shape index (κ2) is 11.2. The number of esters is 1. The van der Waals surface area contributed by atoms with Gasteiger partial charge >= 0.3 is 12.6 Å². The smallest absolute Gasteiger partial charge is 0.387 e. The van der Waals surface area contributed by atoms with E-state index in [1.54, 1.807) is 24.3 Å². The molecule has 2 aromatic carbocycles. The van der Waals surface area contributed by atoms with Crippen molar-refractivity contribution in [3.05, 3.63) is 53.1 Å². The lowest BCUT2D eigenvalue weighted by atomic mass is 10.2. The zero-order valence-corrected chi connectivity index (χ0v) is 16.4. The number of alkyl halides is 2. The van der Waals surface area contributed by atoms with Crippen molar-refractivity contribution in [3.63, 3.8) is 0 Å². The first-order chi connectivity index (χ1) is 13.8. The van der Waals surface area contributed by atoms with Crippen LogP contribution in [0.2, 0.25) is 5.02 Å². The molecule has 0 heterocycles. The molecule has 1 N–H and O–H groups in total. The average molecular weight is 428 g/mol. The van der Waals surface area contributed by atoms with E-state index in [1.807, 2.05) is 6.92 Å². The van der Waals surface area contributed by atoms with Crippen LogP contribution in [0.1, 0.15) is 18.4 Å². The molecule has 29 heavy (non-hydrogen) atoms. The number of rotatable bonds is 10. The van der Waals surface area contributed by atoms with Crippen LogP contribution in [0.25, 0.3) is 0 Å². The lowest BCUT2D eigenvalue weighted by Crippen LogP contribution is -2.21. The van der Waals surface area contributed by atoms with Crippen molar-refractivity contribution >= 4 is 29.2 Å². The van der Waals surface area contributed by atoms with Crippen LogP contribution in [0, 0.1) is 6.92 Å². The van der Waals surface area contributed by atoms with Crippen molar-refractivity contribution in [3.8, 4) is 11.5 Å². The average Bonchev–Trinajstić information content (AvgIpc) is 2.67. The molecule has 0 aliphatic heterocycles. The summed E-state index contributed by atoms with van der Waals surface area (Å²) in [7, 11) is 0. The molecule has 0 atom stereocenters. The van der Waals surface area contributed by atoms with Crippen LogP contribution in [-0.2, 0) is 14.3 Å². The predicted octanol–water partition coefficient (Wildman–Crippen LogP) is 4.59. The minimum absolute atomic E-state index is 0.0560. The fraction of sp³-hybridized carbons (Fsp3) is 0.300. The fourth-order valence-corrected chi connectivity index (χ4v) is 2.40. The third-order valence-corrected chi connectivity index (χ3v) is 4.09. The lowest BCUT2D eigenvalue weighted by molar-refractivity contribution is -0.147. The molecular formula is C20H20ClF2NO5. The Balaban J connectivity index is 1.68. The Morgan fingerprint density at radius 3 is 2.66 bits per heavy atom. The van der Waals surface area contributed by atoms with E-state index in [2.05, 4.69) is 10.1 Å². The van der Waals surface area contributed by atoms with Gasteiger partial charge in [0.25, 0.3) is 5.91 Å². The Bertz CT molecular complexity index is 847. The number of nitrogens with one attached hydrogen (secondary N) is 1. The Labute approximate surface area is 171 Å². The first-order valence-electron chi connectivity index (χ1n) is 8.73. The van der Waals surface area contributed by atoms with Crippen LogP contribution in [0.4, 0.5) is 14.5 Å². The number of para-hydroxylation sites is 2. The molecule has 1 amide bonds. The number of halogens is 3. The SMILES string of the molecule is Cc1cc(OCCCC(=O)OCC(=O)Nc2ccccc2OC(F)F)ccc1Cl. The van der Waals surface area contributed by atoms with Crippen LogP contribution in [0.15, 0.2) is 42.5 Å². The van der Waals surface area contributed by atoms with Crippen LogP contribution >= 0.6 is 11.6 Å². The number of hydrogen-bond donors (Lipinski definition) is 1. The van der Waals surface area contributed by atoms with Gasteiger partial charge in [-0.1, -0.05) is 23.7 Å². The van der Waals surface area contributed by atoms with E-state index in [0.29, 0.717) is 23.8 Å². The molecule has 6 nitrogen and oxygen atoms in total. The van der Waals surface area contributed by atoms with Gasteiger partial charge in [-0.3, -0.25) is 9.59 Å². The normalized spacial score (nSPS) is 10.5. The highest BCUT2D eigenvalue weighted by Gasteiger charge is 2.13. The molecule has 9 heteroatoms. The number of amides is 1. The van der Waals surface area contributed by atoms with Gasteiger partial charge in [0.15, 0.2) is 6.61 Å². The molecular weight excluding hydrogens is 408 g/mol. The molecule has 0 radical (unpaired) electrons. The van der Waals surface area contributed by atoms with Gasteiger partial charge in [0, 0.05) is 11.4 Å². The van der Waals surface area contributed by atoms with E-state index in [4.69, 9.17) is 21.1 Å². The summed E-state index contributed by atoms with van der Waals surface area (Å²) in [4.78, 5) is 23.6.